The number of rotatable bonds is 3. The second-order valence-electron chi connectivity index (χ2n) is 5.68. The molecule has 1 aromatic rings. The van der Waals surface area contributed by atoms with Crippen molar-refractivity contribution in [3.05, 3.63) is 83.7 Å². The van der Waals surface area contributed by atoms with E-state index >= 15 is 0 Å². The minimum atomic E-state index is -0.604. The fourth-order valence-corrected chi connectivity index (χ4v) is 3.17. The molecule has 3 aliphatic rings. The molecular formula is C19H15NO4. The Bertz CT molecular complexity index is 797. The molecule has 2 amide bonds. The van der Waals surface area contributed by atoms with Gasteiger partial charge in [0.1, 0.15) is 24.8 Å². The van der Waals surface area contributed by atoms with Gasteiger partial charge >= 0.3 is 0 Å². The summed E-state index contributed by atoms with van der Waals surface area (Å²) in [6.07, 6.45) is 11.8. The molecule has 2 heterocycles. The fourth-order valence-electron chi connectivity index (χ4n) is 3.17. The second kappa shape index (κ2) is 5.85. The van der Waals surface area contributed by atoms with Crippen LogP contribution in [0.15, 0.2) is 72.6 Å². The maximum Gasteiger partial charge on any atom is 0.262 e. The van der Waals surface area contributed by atoms with Crippen LogP contribution in [0.1, 0.15) is 33.6 Å². The average Bonchev–Trinajstić information content (AvgIpc) is 2.90. The summed E-state index contributed by atoms with van der Waals surface area (Å²) in [5.74, 6) is -0.196. The fraction of sp³-hybridized carbons (Fsp3) is 0.158. The van der Waals surface area contributed by atoms with Gasteiger partial charge < -0.3 is 9.47 Å². The molecule has 0 fully saturated rings. The van der Waals surface area contributed by atoms with Gasteiger partial charge in [-0.25, -0.2) is 0 Å². The van der Waals surface area contributed by atoms with E-state index in [0.29, 0.717) is 16.9 Å². The first-order valence-electron chi connectivity index (χ1n) is 7.77. The highest BCUT2D eigenvalue weighted by atomic mass is 16.5. The summed E-state index contributed by atoms with van der Waals surface area (Å²) in [7, 11) is 0. The molecule has 0 radical (unpaired) electrons. The number of imide groups is 1. The summed E-state index contributed by atoms with van der Waals surface area (Å²) >= 11 is 0. The Balaban J connectivity index is 1.78. The number of benzene rings is 1. The molecule has 1 aromatic carbocycles. The molecule has 5 nitrogen and oxygen atoms in total. The number of carbonyl (C=O) groups excluding carboxylic acids is 2. The van der Waals surface area contributed by atoms with Crippen molar-refractivity contribution < 1.29 is 19.1 Å². The summed E-state index contributed by atoms with van der Waals surface area (Å²) in [4.78, 5) is 27.0. The van der Waals surface area contributed by atoms with Gasteiger partial charge in [-0.15, -0.1) is 0 Å². The minimum absolute atomic E-state index is 0.310. The number of nitrogens with zero attached hydrogens (tertiary/aromatic N) is 1. The lowest BCUT2D eigenvalue weighted by atomic mass is 9.95. The van der Waals surface area contributed by atoms with Crippen LogP contribution in [0.3, 0.4) is 0 Å². The van der Waals surface area contributed by atoms with Crippen LogP contribution >= 0.6 is 0 Å². The van der Waals surface area contributed by atoms with Gasteiger partial charge in [-0.2, -0.15) is 0 Å². The summed E-state index contributed by atoms with van der Waals surface area (Å²) in [5.41, 5.74) is 1.79. The lowest BCUT2D eigenvalue weighted by Crippen LogP contribution is -2.43. The van der Waals surface area contributed by atoms with E-state index in [0.717, 1.165) is 18.4 Å². The summed E-state index contributed by atoms with van der Waals surface area (Å²) in [5, 5.41) is 0. The van der Waals surface area contributed by atoms with Crippen LogP contribution in [0.2, 0.25) is 0 Å². The zero-order valence-corrected chi connectivity index (χ0v) is 12.8. The normalized spacial score (nSPS) is 20.1. The van der Waals surface area contributed by atoms with E-state index in [9.17, 15) is 9.59 Å². The Morgan fingerprint density at radius 2 is 1.79 bits per heavy atom. The zero-order chi connectivity index (χ0) is 16.5. The van der Waals surface area contributed by atoms with E-state index in [1.165, 1.54) is 23.7 Å². The van der Waals surface area contributed by atoms with Crippen LogP contribution in [0, 0.1) is 0 Å². The molecule has 4 rings (SSSR count). The van der Waals surface area contributed by atoms with Crippen LogP contribution in [0.5, 0.6) is 0 Å². The number of hydrogen-bond acceptors (Lipinski definition) is 4. The maximum atomic E-state index is 12.9. The quantitative estimate of drug-likeness (QED) is 0.802. The van der Waals surface area contributed by atoms with Gasteiger partial charge in [0.05, 0.1) is 11.1 Å². The molecule has 5 heteroatoms. The van der Waals surface area contributed by atoms with Crippen molar-refractivity contribution in [2.75, 3.05) is 0 Å². The Hall–Kier alpha value is -3.08. The van der Waals surface area contributed by atoms with E-state index in [2.05, 4.69) is 6.08 Å². The van der Waals surface area contributed by atoms with Crippen molar-refractivity contribution >= 4 is 11.8 Å². The predicted molar refractivity (Wildman–Crippen MR) is 86.6 cm³/mol. The number of amides is 2. The number of hydrogen-bond donors (Lipinski definition) is 0. The molecule has 0 spiro atoms. The Morgan fingerprint density at radius 3 is 2.38 bits per heavy atom. The molecule has 0 bridgehead atoms. The van der Waals surface area contributed by atoms with E-state index in [1.54, 1.807) is 24.3 Å². The first kappa shape index (κ1) is 14.5. The molecule has 0 N–H and O–H groups in total. The first-order chi connectivity index (χ1) is 11.8. The molecule has 24 heavy (non-hydrogen) atoms. The number of fused-ring (bicyclic) bond motifs is 1. The van der Waals surface area contributed by atoms with Crippen molar-refractivity contribution in [1.82, 2.24) is 4.90 Å². The Labute approximate surface area is 139 Å². The molecular weight excluding hydrogens is 306 g/mol. The molecule has 2 aliphatic heterocycles. The third-order valence-corrected chi connectivity index (χ3v) is 4.27. The van der Waals surface area contributed by atoms with E-state index < -0.39 is 6.04 Å². The molecule has 0 aromatic heterocycles. The second-order valence-corrected chi connectivity index (χ2v) is 5.68. The van der Waals surface area contributed by atoms with Crippen molar-refractivity contribution in [2.24, 2.45) is 0 Å². The SMILES string of the molecule is O=C1c2ccccc2C(=O)N1C(C1=CC=CCC1)C1=COC=CO1. The summed E-state index contributed by atoms with van der Waals surface area (Å²) < 4.78 is 10.7. The van der Waals surface area contributed by atoms with Crippen molar-refractivity contribution in [1.29, 1.82) is 0 Å². The van der Waals surface area contributed by atoms with Crippen LogP contribution in [-0.4, -0.2) is 22.8 Å². The topological polar surface area (TPSA) is 55.8 Å². The lowest BCUT2D eigenvalue weighted by molar-refractivity contribution is 0.0585. The summed E-state index contributed by atoms with van der Waals surface area (Å²) in [6.45, 7) is 0. The molecule has 1 unspecified atom stereocenters. The van der Waals surface area contributed by atoms with Gasteiger partial charge in [0.2, 0.25) is 0 Å². The predicted octanol–water partition coefficient (Wildman–Crippen LogP) is 3.29. The molecule has 120 valence electrons. The number of carbonyl (C=O) groups is 2. The Morgan fingerprint density at radius 1 is 1.04 bits per heavy atom. The van der Waals surface area contributed by atoms with Crippen molar-refractivity contribution in [3.8, 4) is 0 Å². The van der Waals surface area contributed by atoms with Crippen molar-refractivity contribution in [2.45, 2.75) is 18.9 Å². The highest BCUT2D eigenvalue weighted by molar-refractivity contribution is 6.21. The van der Waals surface area contributed by atoms with Crippen LogP contribution in [0.25, 0.3) is 0 Å². The minimum Gasteiger partial charge on any atom is -0.466 e. The van der Waals surface area contributed by atoms with Gasteiger partial charge in [0.15, 0.2) is 5.76 Å². The zero-order valence-electron chi connectivity index (χ0n) is 12.8. The first-order valence-corrected chi connectivity index (χ1v) is 7.77. The molecule has 1 atom stereocenters. The molecule has 0 saturated carbocycles. The van der Waals surface area contributed by atoms with Crippen LogP contribution in [0.4, 0.5) is 0 Å². The largest absolute Gasteiger partial charge is 0.466 e. The molecule has 1 aliphatic carbocycles. The monoisotopic (exact) mass is 321 g/mol. The third-order valence-electron chi connectivity index (χ3n) is 4.27. The van der Waals surface area contributed by atoms with Crippen LogP contribution in [-0.2, 0) is 9.47 Å². The van der Waals surface area contributed by atoms with Crippen LogP contribution < -0.4 is 0 Å². The van der Waals surface area contributed by atoms with Gasteiger partial charge in [-0.3, -0.25) is 14.5 Å². The van der Waals surface area contributed by atoms with E-state index in [4.69, 9.17) is 9.47 Å². The Kier molecular flexibility index (Phi) is 3.54. The van der Waals surface area contributed by atoms with E-state index in [1.807, 2.05) is 12.2 Å². The third kappa shape index (κ3) is 2.25. The van der Waals surface area contributed by atoms with Gasteiger partial charge in [-0.1, -0.05) is 30.4 Å². The maximum absolute atomic E-state index is 12.9. The smallest absolute Gasteiger partial charge is 0.262 e. The van der Waals surface area contributed by atoms with Gasteiger partial charge in [0, 0.05) is 0 Å². The lowest BCUT2D eigenvalue weighted by Gasteiger charge is -2.30. The number of allylic oxidation sites excluding steroid dienone is 3. The highest BCUT2D eigenvalue weighted by Gasteiger charge is 2.43. The molecule has 0 saturated heterocycles. The van der Waals surface area contributed by atoms with Crippen molar-refractivity contribution in [3.63, 3.8) is 0 Å². The number of ether oxygens (including phenoxy) is 2. The highest BCUT2D eigenvalue weighted by Crippen LogP contribution is 2.33. The van der Waals surface area contributed by atoms with Gasteiger partial charge in [0.25, 0.3) is 11.8 Å². The standard InChI is InChI=1S/C19H15NO4/c21-18-14-8-4-5-9-15(14)19(22)20(18)17(13-6-2-1-3-7-13)16-12-23-10-11-24-16/h1-2,4-6,8-12,17H,3,7H2. The van der Waals surface area contributed by atoms with E-state index in [-0.39, 0.29) is 11.8 Å². The summed E-state index contributed by atoms with van der Waals surface area (Å²) in [6, 6.07) is 6.26. The average molecular weight is 321 g/mol. The van der Waals surface area contributed by atoms with Gasteiger partial charge in [-0.05, 0) is 30.5 Å².